The minimum absolute atomic E-state index is 0.111. The van der Waals surface area contributed by atoms with Crippen LogP contribution in [-0.2, 0) is 20.7 Å². The Morgan fingerprint density at radius 2 is 1.79 bits per heavy atom. The summed E-state index contributed by atoms with van der Waals surface area (Å²) in [7, 11) is 0. The topological polar surface area (TPSA) is 55.4 Å². The Labute approximate surface area is 167 Å². The Hall–Kier alpha value is -2.99. The van der Waals surface area contributed by atoms with Gasteiger partial charge in [0.2, 0.25) is 0 Å². The average molecular weight is 397 g/mol. The molecule has 2 aromatic carbocycles. The van der Waals surface area contributed by atoms with Crippen molar-refractivity contribution in [1.29, 1.82) is 0 Å². The maximum atomic E-state index is 13.2. The maximum absolute atomic E-state index is 13.2. The normalized spacial score (nSPS) is 11.6. The fourth-order valence-electron chi connectivity index (χ4n) is 2.70. The Morgan fingerprint density at radius 3 is 2.43 bits per heavy atom. The van der Waals surface area contributed by atoms with Crippen molar-refractivity contribution in [3.8, 4) is 0 Å². The zero-order chi connectivity index (χ0) is 19.9. The molecule has 1 amide bonds. The Bertz CT molecular complexity index is 921. The van der Waals surface area contributed by atoms with Gasteiger partial charge in [-0.15, -0.1) is 11.3 Å². The third-order valence-electron chi connectivity index (χ3n) is 4.17. The van der Waals surface area contributed by atoms with Crippen LogP contribution in [0.2, 0.25) is 0 Å². The van der Waals surface area contributed by atoms with E-state index in [4.69, 9.17) is 4.74 Å². The summed E-state index contributed by atoms with van der Waals surface area (Å²) < 4.78 is 18.3. The molecular weight excluding hydrogens is 377 g/mol. The van der Waals surface area contributed by atoms with Crippen molar-refractivity contribution in [3.63, 3.8) is 0 Å². The third-order valence-corrected chi connectivity index (χ3v) is 5.11. The molecule has 0 saturated heterocycles. The number of aryl methyl sites for hydroxylation is 1. The summed E-state index contributed by atoms with van der Waals surface area (Å²) in [5.74, 6) is -1.22. The Balaban J connectivity index is 1.58. The molecule has 0 aliphatic heterocycles. The van der Waals surface area contributed by atoms with Crippen molar-refractivity contribution < 1.29 is 18.7 Å². The molecule has 3 rings (SSSR count). The van der Waals surface area contributed by atoms with Gasteiger partial charge in [0, 0.05) is 4.88 Å². The first-order valence-electron chi connectivity index (χ1n) is 8.80. The zero-order valence-corrected chi connectivity index (χ0v) is 16.2. The highest BCUT2D eigenvalue weighted by Gasteiger charge is 2.19. The van der Waals surface area contributed by atoms with E-state index in [0.717, 1.165) is 21.6 Å². The predicted molar refractivity (Wildman–Crippen MR) is 107 cm³/mol. The molecule has 6 heteroatoms. The highest BCUT2D eigenvalue weighted by atomic mass is 32.1. The summed E-state index contributed by atoms with van der Waals surface area (Å²) in [5, 5.41) is 4.76. The lowest BCUT2D eigenvalue weighted by Gasteiger charge is -2.18. The van der Waals surface area contributed by atoms with E-state index in [2.05, 4.69) is 5.32 Å². The number of benzene rings is 2. The lowest BCUT2D eigenvalue weighted by molar-refractivity contribution is -0.148. The molecule has 1 aromatic heterocycles. The molecule has 28 heavy (non-hydrogen) atoms. The van der Waals surface area contributed by atoms with Gasteiger partial charge in [-0.3, -0.25) is 9.59 Å². The molecule has 0 aliphatic rings. The SMILES string of the molecule is Cc1ccc(CC(=O)OCC(=O)N[C@@H](c2ccc(F)cc2)c2cccs2)cc1. The smallest absolute Gasteiger partial charge is 0.310 e. The lowest BCUT2D eigenvalue weighted by atomic mass is 10.1. The Morgan fingerprint density at radius 1 is 1.07 bits per heavy atom. The van der Waals surface area contributed by atoms with Gasteiger partial charge < -0.3 is 10.1 Å². The van der Waals surface area contributed by atoms with Crippen LogP contribution < -0.4 is 5.32 Å². The number of carbonyl (C=O) groups excluding carboxylic acids is 2. The number of thiophene rings is 1. The summed E-state index contributed by atoms with van der Waals surface area (Å²) in [6.45, 7) is 1.60. The van der Waals surface area contributed by atoms with Crippen molar-refractivity contribution >= 4 is 23.2 Å². The predicted octanol–water partition coefficient (Wildman–Crippen LogP) is 4.19. The monoisotopic (exact) mass is 397 g/mol. The Kier molecular flexibility index (Phi) is 6.55. The van der Waals surface area contributed by atoms with Gasteiger partial charge in [0.1, 0.15) is 5.82 Å². The first-order chi connectivity index (χ1) is 13.5. The van der Waals surface area contributed by atoms with Crippen molar-refractivity contribution in [2.75, 3.05) is 6.61 Å². The molecule has 0 radical (unpaired) electrons. The van der Waals surface area contributed by atoms with E-state index in [0.29, 0.717) is 0 Å². The number of rotatable bonds is 7. The molecule has 0 aliphatic carbocycles. The minimum Gasteiger partial charge on any atom is -0.455 e. The van der Waals surface area contributed by atoms with Crippen LogP contribution in [0.3, 0.4) is 0 Å². The molecule has 1 N–H and O–H groups in total. The van der Waals surface area contributed by atoms with Crippen molar-refractivity contribution in [2.24, 2.45) is 0 Å². The molecule has 0 bridgehead atoms. The van der Waals surface area contributed by atoms with Crippen LogP contribution in [0, 0.1) is 12.7 Å². The number of hydrogen-bond donors (Lipinski definition) is 1. The fraction of sp³-hybridized carbons (Fsp3) is 0.182. The molecule has 0 saturated carbocycles. The molecule has 1 atom stereocenters. The molecular formula is C22H20FNO3S. The highest BCUT2D eigenvalue weighted by Crippen LogP contribution is 2.26. The van der Waals surface area contributed by atoms with Crippen LogP contribution in [0.4, 0.5) is 4.39 Å². The average Bonchev–Trinajstić information content (AvgIpc) is 3.22. The van der Waals surface area contributed by atoms with E-state index < -0.39 is 17.9 Å². The van der Waals surface area contributed by atoms with Crippen LogP contribution in [0.1, 0.15) is 27.6 Å². The molecule has 144 valence electrons. The highest BCUT2D eigenvalue weighted by molar-refractivity contribution is 7.10. The van der Waals surface area contributed by atoms with Crippen LogP contribution in [0.15, 0.2) is 66.0 Å². The quantitative estimate of drug-likeness (QED) is 0.609. The number of esters is 1. The lowest BCUT2D eigenvalue weighted by Crippen LogP contribution is -2.33. The molecule has 0 spiro atoms. The molecule has 0 unspecified atom stereocenters. The van der Waals surface area contributed by atoms with Crippen LogP contribution in [-0.4, -0.2) is 18.5 Å². The zero-order valence-electron chi connectivity index (χ0n) is 15.4. The summed E-state index contributed by atoms with van der Waals surface area (Å²) in [4.78, 5) is 25.2. The summed E-state index contributed by atoms with van der Waals surface area (Å²) in [5.41, 5.74) is 2.69. The van der Waals surface area contributed by atoms with Gasteiger partial charge in [0.05, 0.1) is 12.5 Å². The van der Waals surface area contributed by atoms with Crippen LogP contribution in [0.25, 0.3) is 0 Å². The van der Waals surface area contributed by atoms with Gasteiger partial charge in [-0.05, 0) is 41.6 Å². The van der Waals surface area contributed by atoms with E-state index >= 15 is 0 Å². The largest absolute Gasteiger partial charge is 0.455 e. The summed E-state index contributed by atoms with van der Waals surface area (Å²) >= 11 is 1.48. The van der Waals surface area contributed by atoms with Gasteiger partial charge in [0.15, 0.2) is 6.61 Å². The van der Waals surface area contributed by atoms with Gasteiger partial charge >= 0.3 is 5.97 Å². The van der Waals surface area contributed by atoms with Gasteiger partial charge in [-0.25, -0.2) is 4.39 Å². The maximum Gasteiger partial charge on any atom is 0.310 e. The number of amides is 1. The van der Waals surface area contributed by atoms with Crippen LogP contribution in [0.5, 0.6) is 0 Å². The molecule has 0 fully saturated rings. The second-order valence-electron chi connectivity index (χ2n) is 6.39. The second kappa shape index (κ2) is 9.28. The van der Waals surface area contributed by atoms with E-state index in [1.165, 1.54) is 23.5 Å². The molecule has 1 heterocycles. The van der Waals surface area contributed by atoms with Gasteiger partial charge in [-0.1, -0.05) is 48.0 Å². The fourth-order valence-corrected chi connectivity index (χ4v) is 3.50. The van der Waals surface area contributed by atoms with E-state index in [1.807, 2.05) is 48.7 Å². The molecule has 4 nitrogen and oxygen atoms in total. The number of nitrogens with one attached hydrogen (secondary N) is 1. The van der Waals surface area contributed by atoms with Crippen molar-refractivity contribution in [3.05, 3.63) is 93.4 Å². The van der Waals surface area contributed by atoms with E-state index in [9.17, 15) is 14.0 Å². The first-order valence-corrected chi connectivity index (χ1v) is 9.68. The third kappa shape index (κ3) is 5.50. The summed E-state index contributed by atoms with van der Waals surface area (Å²) in [6.07, 6.45) is 0.111. The standard InChI is InChI=1S/C22H20FNO3S/c1-15-4-6-16(7-5-15)13-21(26)27-14-20(25)24-22(19-3-2-12-28-19)17-8-10-18(23)11-9-17/h2-12,22H,13-14H2,1H3,(H,24,25)/t22-/m0/s1. The number of hydrogen-bond acceptors (Lipinski definition) is 4. The van der Waals surface area contributed by atoms with Crippen molar-refractivity contribution in [1.82, 2.24) is 5.32 Å². The molecule has 3 aromatic rings. The number of ether oxygens (including phenoxy) is 1. The van der Waals surface area contributed by atoms with E-state index in [1.54, 1.807) is 12.1 Å². The minimum atomic E-state index is -0.464. The van der Waals surface area contributed by atoms with Gasteiger partial charge in [-0.2, -0.15) is 0 Å². The number of halogens is 1. The van der Waals surface area contributed by atoms with Crippen LogP contribution >= 0.6 is 11.3 Å². The number of carbonyl (C=O) groups is 2. The summed E-state index contributed by atoms with van der Waals surface area (Å²) in [6, 6.07) is 16.9. The first kappa shape index (κ1) is 19.8. The van der Waals surface area contributed by atoms with Crippen molar-refractivity contribution in [2.45, 2.75) is 19.4 Å². The van der Waals surface area contributed by atoms with E-state index in [-0.39, 0.29) is 18.8 Å². The second-order valence-corrected chi connectivity index (χ2v) is 7.37. The van der Waals surface area contributed by atoms with Gasteiger partial charge in [0.25, 0.3) is 5.91 Å².